The Bertz CT molecular complexity index is 317. The van der Waals surface area contributed by atoms with Crippen molar-refractivity contribution < 1.29 is 4.74 Å². The molecule has 1 saturated heterocycles. The third-order valence-corrected chi connectivity index (χ3v) is 5.95. The number of ether oxygens (including phenoxy) is 1. The molecule has 0 aromatic rings. The van der Waals surface area contributed by atoms with Crippen LogP contribution in [0.3, 0.4) is 0 Å². The molecule has 2 bridgehead atoms. The first kappa shape index (κ1) is 11.0. The normalized spacial score (nSPS) is 54.6. The first-order valence-corrected chi connectivity index (χ1v) is 6.54. The van der Waals surface area contributed by atoms with Crippen molar-refractivity contribution in [1.82, 2.24) is 5.06 Å². The average Bonchev–Trinajstić information content (AvgIpc) is 2.72. The Balaban J connectivity index is 1.99. The van der Waals surface area contributed by atoms with E-state index in [-0.39, 0.29) is 29.2 Å². The molecule has 5 unspecified atom stereocenters. The monoisotopic (exact) mass is 224 g/mol. The second-order valence-corrected chi connectivity index (χ2v) is 6.55. The van der Waals surface area contributed by atoms with Gasteiger partial charge in [0.25, 0.3) is 0 Å². The summed E-state index contributed by atoms with van der Waals surface area (Å²) < 4.78 is 6.03. The number of hydrogen-bond donors (Lipinski definition) is 0. The molecule has 0 aromatic heterocycles. The molecule has 92 valence electrons. The zero-order valence-corrected chi connectivity index (χ0v) is 10.7. The maximum absolute atomic E-state index is 12.2. The molecule has 16 heavy (non-hydrogen) atoms. The summed E-state index contributed by atoms with van der Waals surface area (Å²) in [4.78, 5) is 0. The number of hydroxylamine groups is 2. The van der Waals surface area contributed by atoms with Crippen LogP contribution in [0.25, 0.3) is 0 Å². The minimum Gasteiger partial charge on any atom is -0.783 e. The summed E-state index contributed by atoms with van der Waals surface area (Å²) in [6.45, 7) is 9.00. The van der Waals surface area contributed by atoms with E-state index in [9.17, 15) is 5.21 Å². The Hall–Kier alpha value is -0.120. The quantitative estimate of drug-likeness (QED) is 0.687. The van der Waals surface area contributed by atoms with E-state index in [0.29, 0.717) is 5.92 Å². The van der Waals surface area contributed by atoms with Gasteiger partial charge in [-0.05, 0) is 30.6 Å². The fourth-order valence-electron chi connectivity index (χ4n) is 4.50. The Morgan fingerprint density at radius 2 is 2.06 bits per heavy atom. The second-order valence-electron chi connectivity index (χ2n) is 6.55. The van der Waals surface area contributed by atoms with Gasteiger partial charge >= 0.3 is 0 Å². The Morgan fingerprint density at radius 3 is 2.62 bits per heavy atom. The van der Waals surface area contributed by atoms with Gasteiger partial charge in [0.2, 0.25) is 0 Å². The van der Waals surface area contributed by atoms with Crippen LogP contribution in [0.2, 0.25) is 0 Å². The fraction of sp³-hybridized carbons (Fsp3) is 1.00. The zero-order valence-electron chi connectivity index (χ0n) is 10.7. The molecular weight excluding hydrogens is 202 g/mol. The molecule has 1 heterocycles. The van der Waals surface area contributed by atoms with E-state index in [2.05, 4.69) is 20.8 Å². The van der Waals surface area contributed by atoms with Crippen LogP contribution < -0.4 is 0 Å². The van der Waals surface area contributed by atoms with E-state index >= 15 is 0 Å². The Morgan fingerprint density at radius 1 is 1.38 bits per heavy atom. The minimum absolute atomic E-state index is 0.124. The van der Waals surface area contributed by atoms with Crippen LogP contribution in [0.1, 0.15) is 47.0 Å². The topological polar surface area (TPSA) is 35.5 Å². The largest absolute Gasteiger partial charge is 0.783 e. The third-order valence-electron chi connectivity index (χ3n) is 5.95. The van der Waals surface area contributed by atoms with Gasteiger partial charge in [-0.15, -0.1) is 0 Å². The summed E-state index contributed by atoms with van der Waals surface area (Å²) in [5.74, 6) is 0.525. The van der Waals surface area contributed by atoms with Gasteiger partial charge in [-0.3, -0.25) is 0 Å². The number of hydrogen-bond acceptors (Lipinski definition) is 3. The summed E-state index contributed by atoms with van der Waals surface area (Å²) >= 11 is 0. The van der Waals surface area contributed by atoms with Crippen molar-refractivity contribution in [2.45, 2.75) is 65.3 Å². The second kappa shape index (κ2) is 3.01. The molecule has 3 heteroatoms. The summed E-state index contributed by atoms with van der Waals surface area (Å²) in [5, 5.41) is 13.5. The number of fused-ring (bicyclic) bond motifs is 5. The predicted molar refractivity (Wildman–Crippen MR) is 62.6 cm³/mol. The van der Waals surface area contributed by atoms with Crippen molar-refractivity contribution in [3.05, 3.63) is 5.21 Å². The lowest BCUT2D eigenvalue weighted by Gasteiger charge is -2.39. The lowest BCUT2D eigenvalue weighted by Crippen LogP contribution is -2.40. The van der Waals surface area contributed by atoms with Crippen molar-refractivity contribution in [3.8, 4) is 0 Å². The van der Waals surface area contributed by atoms with Gasteiger partial charge in [0.05, 0.1) is 12.3 Å². The highest BCUT2D eigenvalue weighted by atomic mass is 16.6. The van der Waals surface area contributed by atoms with Crippen LogP contribution in [0.15, 0.2) is 0 Å². The molecule has 0 spiro atoms. The van der Waals surface area contributed by atoms with Crippen molar-refractivity contribution in [1.29, 1.82) is 0 Å². The Kier molecular flexibility index (Phi) is 2.07. The molecule has 3 fully saturated rings. The van der Waals surface area contributed by atoms with Crippen molar-refractivity contribution in [3.63, 3.8) is 0 Å². The lowest BCUT2D eigenvalue weighted by atomic mass is 9.70. The minimum atomic E-state index is -0.189. The SMILES string of the molecule is CCC1OC2C(C3CCC2(C)C3(C)C)N1[O-]. The summed E-state index contributed by atoms with van der Waals surface area (Å²) in [5.41, 5.74) is 0.457. The van der Waals surface area contributed by atoms with Crippen LogP contribution in [-0.2, 0) is 4.74 Å². The van der Waals surface area contributed by atoms with Crippen LogP contribution in [0.4, 0.5) is 0 Å². The highest BCUT2D eigenvalue weighted by molar-refractivity contribution is 5.20. The molecule has 2 saturated carbocycles. The molecule has 0 amide bonds. The van der Waals surface area contributed by atoms with Crippen molar-refractivity contribution in [2.75, 3.05) is 0 Å². The van der Waals surface area contributed by atoms with Gasteiger partial charge < -0.3 is 15.0 Å². The van der Waals surface area contributed by atoms with Gasteiger partial charge in [0.15, 0.2) is 0 Å². The number of rotatable bonds is 1. The maximum Gasteiger partial charge on any atom is 0.0993 e. The van der Waals surface area contributed by atoms with E-state index in [0.717, 1.165) is 6.42 Å². The molecule has 3 rings (SSSR count). The van der Waals surface area contributed by atoms with E-state index < -0.39 is 0 Å². The van der Waals surface area contributed by atoms with E-state index in [4.69, 9.17) is 4.74 Å². The lowest BCUT2D eigenvalue weighted by molar-refractivity contribution is -0.0662. The smallest absolute Gasteiger partial charge is 0.0993 e. The van der Waals surface area contributed by atoms with Crippen molar-refractivity contribution >= 4 is 0 Å². The fourth-order valence-corrected chi connectivity index (χ4v) is 4.50. The maximum atomic E-state index is 12.2. The van der Waals surface area contributed by atoms with Gasteiger partial charge in [-0.1, -0.05) is 27.7 Å². The molecule has 3 aliphatic rings. The standard InChI is InChI=1S/C13H22NO2/c1-5-9-14(15)10-8-6-7-13(4,11(10)16-9)12(8,2)3/h8-11H,5-7H2,1-4H3/q-1. The van der Waals surface area contributed by atoms with Crippen LogP contribution in [0, 0.1) is 22.0 Å². The first-order chi connectivity index (χ1) is 7.43. The zero-order chi connectivity index (χ0) is 11.7. The number of nitrogens with zero attached hydrogens (tertiary/aromatic N) is 1. The summed E-state index contributed by atoms with van der Waals surface area (Å²) in [7, 11) is 0. The molecule has 3 nitrogen and oxygen atoms in total. The predicted octanol–water partition coefficient (Wildman–Crippen LogP) is 2.75. The Labute approximate surface area is 97.7 Å². The molecule has 0 N–H and O–H groups in total. The molecular formula is C13H22NO2-. The van der Waals surface area contributed by atoms with E-state index in [1.165, 1.54) is 17.9 Å². The van der Waals surface area contributed by atoms with E-state index in [1.807, 2.05) is 6.92 Å². The van der Waals surface area contributed by atoms with Crippen LogP contribution in [0.5, 0.6) is 0 Å². The summed E-state index contributed by atoms with van der Waals surface area (Å²) in [6.07, 6.45) is 3.20. The highest BCUT2D eigenvalue weighted by Crippen LogP contribution is 2.68. The highest BCUT2D eigenvalue weighted by Gasteiger charge is 2.69. The van der Waals surface area contributed by atoms with E-state index in [1.54, 1.807) is 0 Å². The first-order valence-electron chi connectivity index (χ1n) is 6.54. The molecule has 0 aromatic carbocycles. The molecule has 2 aliphatic carbocycles. The molecule has 1 aliphatic heterocycles. The molecule has 0 radical (unpaired) electrons. The third kappa shape index (κ3) is 0.964. The van der Waals surface area contributed by atoms with Crippen molar-refractivity contribution in [2.24, 2.45) is 16.7 Å². The van der Waals surface area contributed by atoms with Gasteiger partial charge in [0, 0.05) is 11.5 Å². The molecule has 5 atom stereocenters. The van der Waals surface area contributed by atoms with Gasteiger partial charge in [-0.25, -0.2) is 0 Å². The summed E-state index contributed by atoms with van der Waals surface area (Å²) in [6, 6.07) is 0.124. The average molecular weight is 224 g/mol. The van der Waals surface area contributed by atoms with Gasteiger partial charge in [-0.2, -0.15) is 0 Å². The van der Waals surface area contributed by atoms with Crippen LogP contribution in [-0.4, -0.2) is 23.4 Å². The van der Waals surface area contributed by atoms with Gasteiger partial charge in [0.1, 0.15) is 0 Å². The van der Waals surface area contributed by atoms with Crippen LogP contribution >= 0.6 is 0 Å².